The molecule has 5 nitrogen and oxygen atoms in total. The number of ether oxygens (including phenoxy) is 1. The first-order chi connectivity index (χ1) is 9.29. The Morgan fingerprint density at radius 1 is 1.37 bits per heavy atom. The van der Waals surface area contributed by atoms with Gasteiger partial charge in [0.25, 0.3) is 0 Å². The van der Waals surface area contributed by atoms with Crippen LogP contribution in [0.15, 0.2) is 18.5 Å². The summed E-state index contributed by atoms with van der Waals surface area (Å²) in [6, 6.07) is 1.97. The van der Waals surface area contributed by atoms with Crippen molar-refractivity contribution in [3.8, 4) is 0 Å². The smallest absolute Gasteiger partial charge is 0.155 e. The molecule has 0 atom stereocenters. The fourth-order valence-electron chi connectivity index (χ4n) is 1.90. The van der Waals surface area contributed by atoms with Gasteiger partial charge in [-0.3, -0.25) is 0 Å². The zero-order valence-corrected chi connectivity index (χ0v) is 11.7. The van der Waals surface area contributed by atoms with Crippen molar-refractivity contribution in [2.24, 2.45) is 0 Å². The predicted octanol–water partition coefficient (Wildman–Crippen LogP) is 1.94. The molecule has 0 bridgehead atoms. The molecule has 0 aliphatic carbocycles. The third kappa shape index (κ3) is 4.29. The van der Waals surface area contributed by atoms with E-state index in [9.17, 15) is 0 Å². The molecule has 5 heteroatoms. The summed E-state index contributed by atoms with van der Waals surface area (Å²) in [4.78, 5) is 4.38. The molecular weight excluding hydrogens is 240 g/mol. The molecule has 1 N–H and O–H groups in total. The molecule has 19 heavy (non-hydrogen) atoms. The van der Waals surface area contributed by atoms with E-state index in [0.29, 0.717) is 0 Å². The summed E-state index contributed by atoms with van der Waals surface area (Å²) in [5, 5.41) is 7.75. The van der Waals surface area contributed by atoms with Crippen molar-refractivity contribution in [1.29, 1.82) is 0 Å². The Labute approximate surface area is 114 Å². The molecular formula is C14H22N4O. The first-order valence-electron chi connectivity index (χ1n) is 6.89. The summed E-state index contributed by atoms with van der Waals surface area (Å²) in [6.45, 7) is 7.56. The van der Waals surface area contributed by atoms with Crippen molar-refractivity contribution in [3.05, 3.63) is 29.7 Å². The molecule has 2 aromatic rings. The highest BCUT2D eigenvalue weighted by Crippen LogP contribution is 2.04. The predicted molar refractivity (Wildman–Crippen MR) is 75.2 cm³/mol. The number of rotatable bonds is 8. The van der Waals surface area contributed by atoms with Gasteiger partial charge in [0.1, 0.15) is 0 Å². The standard InChI is InChI=1S/C14H22N4O/c1-3-6-19-7-4-5-15-9-13-10-16-14-8-12(2)17-18(14)11-13/h8,10-11,15H,3-7,9H2,1-2H3. The normalized spacial score (nSPS) is 11.3. The van der Waals surface area contributed by atoms with Crippen LogP contribution in [-0.2, 0) is 11.3 Å². The quantitative estimate of drug-likeness (QED) is 0.739. The van der Waals surface area contributed by atoms with Crippen LogP contribution < -0.4 is 5.32 Å². The van der Waals surface area contributed by atoms with Crippen LogP contribution in [0.1, 0.15) is 31.0 Å². The number of nitrogens with zero attached hydrogens (tertiary/aromatic N) is 3. The lowest BCUT2D eigenvalue weighted by Crippen LogP contribution is -2.17. The average Bonchev–Trinajstić information content (AvgIpc) is 2.77. The minimum absolute atomic E-state index is 0.815. The second-order valence-corrected chi connectivity index (χ2v) is 4.69. The number of aryl methyl sites for hydroxylation is 1. The van der Waals surface area contributed by atoms with Gasteiger partial charge in [0.15, 0.2) is 5.65 Å². The molecule has 0 saturated heterocycles. The summed E-state index contributed by atoms with van der Waals surface area (Å²) in [7, 11) is 0. The summed E-state index contributed by atoms with van der Waals surface area (Å²) in [6.07, 6.45) is 6.05. The van der Waals surface area contributed by atoms with Gasteiger partial charge in [-0.05, 0) is 26.3 Å². The molecule has 0 fully saturated rings. The maximum absolute atomic E-state index is 5.43. The van der Waals surface area contributed by atoms with Crippen LogP contribution in [0.5, 0.6) is 0 Å². The summed E-state index contributed by atoms with van der Waals surface area (Å²) < 4.78 is 7.26. The Hall–Kier alpha value is -1.46. The number of nitrogens with one attached hydrogen (secondary N) is 1. The summed E-state index contributed by atoms with van der Waals surface area (Å²) >= 11 is 0. The van der Waals surface area contributed by atoms with Crippen LogP contribution in [0, 0.1) is 6.92 Å². The zero-order chi connectivity index (χ0) is 13.5. The van der Waals surface area contributed by atoms with Gasteiger partial charge in [0.05, 0.1) is 5.69 Å². The minimum atomic E-state index is 0.815. The van der Waals surface area contributed by atoms with Crippen molar-refractivity contribution in [3.63, 3.8) is 0 Å². The van der Waals surface area contributed by atoms with Crippen LogP contribution in [-0.4, -0.2) is 34.4 Å². The largest absolute Gasteiger partial charge is 0.381 e. The van der Waals surface area contributed by atoms with E-state index >= 15 is 0 Å². The fourth-order valence-corrected chi connectivity index (χ4v) is 1.90. The highest BCUT2D eigenvalue weighted by Gasteiger charge is 2.00. The van der Waals surface area contributed by atoms with Crippen molar-refractivity contribution >= 4 is 5.65 Å². The number of hydrogen-bond donors (Lipinski definition) is 1. The highest BCUT2D eigenvalue weighted by atomic mass is 16.5. The minimum Gasteiger partial charge on any atom is -0.381 e. The summed E-state index contributed by atoms with van der Waals surface area (Å²) in [5.41, 5.74) is 3.03. The van der Waals surface area contributed by atoms with E-state index in [-0.39, 0.29) is 0 Å². The van der Waals surface area contributed by atoms with Gasteiger partial charge < -0.3 is 10.1 Å². The van der Waals surface area contributed by atoms with Gasteiger partial charge in [-0.25, -0.2) is 9.50 Å². The SMILES string of the molecule is CCCOCCCNCc1cnc2cc(C)nn2c1. The third-order valence-corrected chi connectivity index (χ3v) is 2.81. The Balaban J connectivity index is 1.72. The van der Waals surface area contributed by atoms with E-state index < -0.39 is 0 Å². The molecule has 104 valence electrons. The van der Waals surface area contributed by atoms with Crippen LogP contribution in [0.2, 0.25) is 0 Å². The molecule has 0 amide bonds. The van der Waals surface area contributed by atoms with Gasteiger partial charge in [0, 0.05) is 43.8 Å². The van der Waals surface area contributed by atoms with E-state index in [0.717, 1.165) is 56.0 Å². The molecule has 0 unspecified atom stereocenters. The number of hydrogen-bond acceptors (Lipinski definition) is 4. The third-order valence-electron chi connectivity index (χ3n) is 2.81. The fraction of sp³-hybridized carbons (Fsp3) is 0.571. The average molecular weight is 262 g/mol. The Morgan fingerprint density at radius 3 is 3.11 bits per heavy atom. The van der Waals surface area contributed by atoms with E-state index in [1.165, 1.54) is 0 Å². The first kappa shape index (κ1) is 14.0. The van der Waals surface area contributed by atoms with Gasteiger partial charge >= 0.3 is 0 Å². The molecule has 2 heterocycles. The maximum Gasteiger partial charge on any atom is 0.155 e. The molecule has 0 radical (unpaired) electrons. The molecule has 0 aromatic carbocycles. The maximum atomic E-state index is 5.43. The lowest BCUT2D eigenvalue weighted by Gasteiger charge is -2.05. The second kappa shape index (κ2) is 7.21. The first-order valence-corrected chi connectivity index (χ1v) is 6.89. The van der Waals surface area contributed by atoms with Crippen LogP contribution in [0.25, 0.3) is 5.65 Å². The topological polar surface area (TPSA) is 51.5 Å². The number of aromatic nitrogens is 3. The lowest BCUT2D eigenvalue weighted by molar-refractivity contribution is 0.132. The van der Waals surface area contributed by atoms with Crippen LogP contribution >= 0.6 is 0 Å². The second-order valence-electron chi connectivity index (χ2n) is 4.69. The number of fused-ring (bicyclic) bond motifs is 1. The monoisotopic (exact) mass is 262 g/mol. The molecule has 2 rings (SSSR count). The van der Waals surface area contributed by atoms with E-state index in [1.807, 2.05) is 29.9 Å². The van der Waals surface area contributed by atoms with Gasteiger partial charge in [-0.2, -0.15) is 5.10 Å². The molecule has 0 spiro atoms. The van der Waals surface area contributed by atoms with Crippen molar-refractivity contribution in [2.45, 2.75) is 33.2 Å². The Kier molecular flexibility index (Phi) is 5.30. The van der Waals surface area contributed by atoms with Crippen molar-refractivity contribution in [2.75, 3.05) is 19.8 Å². The van der Waals surface area contributed by atoms with Gasteiger partial charge in [0.2, 0.25) is 0 Å². The van der Waals surface area contributed by atoms with Gasteiger partial charge in [-0.1, -0.05) is 6.92 Å². The van der Waals surface area contributed by atoms with E-state index in [2.05, 4.69) is 22.3 Å². The highest BCUT2D eigenvalue weighted by molar-refractivity contribution is 5.38. The summed E-state index contributed by atoms with van der Waals surface area (Å²) in [5.74, 6) is 0. The molecule has 0 saturated carbocycles. The van der Waals surface area contributed by atoms with Crippen LogP contribution in [0.3, 0.4) is 0 Å². The van der Waals surface area contributed by atoms with Crippen molar-refractivity contribution in [1.82, 2.24) is 19.9 Å². The Bertz CT molecular complexity index is 509. The van der Waals surface area contributed by atoms with Crippen molar-refractivity contribution < 1.29 is 4.74 Å². The lowest BCUT2D eigenvalue weighted by atomic mass is 10.3. The van der Waals surface area contributed by atoms with Crippen LogP contribution in [0.4, 0.5) is 0 Å². The zero-order valence-electron chi connectivity index (χ0n) is 11.7. The Morgan fingerprint density at radius 2 is 2.26 bits per heavy atom. The molecule has 2 aromatic heterocycles. The molecule has 0 aliphatic rings. The van der Waals surface area contributed by atoms with E-state index in [1.54, 1.807) is 0 Å². The molecule has 0 aliphatic heterocycles. The van der Waals surface area contributed by atoms with E-state index in [4.69, 9.17) is 4.74 Å². The van der Waals surface area contributed by atoms with Gasteiger partial charge in [-0.15, -0.1) is 0 Å².